The van der Waals surface area contributed by atoms with E-state index in [1.165, 1.54) is 0 Å². The molecule has 0 saturated heterocycles. The van der Waals surface area contributed by atoms with E-state index < -0.39 is 11.6 Å². The molecule has 5 nitrogen and oxygen atoms in total. The van der Waals surface area contributed by atoms with Crippen LogP contribution in [0.2, 0.25) is 0 Å². The van der Waals surface area contributed by atoms with Crippen LogP contribution in [0.5, 0.6) is 5.75 Å². The summed E-state index contributed by atoms with van der Waals surface area (Å²) in [7, 11) is 0. The van der Waals surface area contributed by atoms with Crippen molar-refractivity contribution in [1.29, 1.82) is 0 Å². The third-order valence-corrected chi connectivity index (χ3v) is 6.40. The van der Waals surface area contributed by atoms with E-state index >= 15 is 0 Å². The first-order chi connectivity index (χ1) is 17.0. The molecule has 36 heavy (non-hydrogen) atoms. The lowest BCUT2D eigenvalue weighted by Crippen LogP contribution is -2.55. The Morgan fingerprint density at radius 3 is 2.19 bits per heavy atom. The molecule has 0 aliphatic carbocycles. The minimum atomic E-state index is -0.703. The van der Waals surface area contributed by atoms with Crippen molar-refractivity contribution in [3.8, 4) is 5.75 Å². The van der Waals surface area contributed by atoms with Gasteiger partial charge in [0, 0.05) is 23.0 Å². The van der Waals surface area contributed by atoms with Crippen LogP contribution in [0.4, 0.5) is 0 Å². The number of halogens is 1. The molecule has 1 unspecified atom stereocenters. The fraction of sp³-hybridized carbons (Fsp3) is 0.333. The van der Waals surface area contributed by atoms with E-state index in [1.807, 2.05) is 107 Å². The maximum absolute atomic E-state index is 13.7. The molecule has 0 fully saturated rings. The highest BCUT2D eigenvalue weighted by atomic mass is 79.9. The molecular formula is C30H35BrN2O3. The molecule has 190 valence electrons. The van der Waals surface area contributed by atoms with Crippen LogP contribution in [0.25, 0.3) is 0 Å². The number of nitrogens with one attached hydrogen (secondary N) is 1. The molecule has 3 rings (SSSR count). The summed E-state index contributed by atoms with van der Waals surface area (Å²) < 4.78 is 6.84. The first-order valence-corrected chi connectivity index (χ1v) is 12.9. The van der Waals surface area contributed by atoms with Crippen LogP contribution in [-0.4, -0.2) is 34.9 Å². The molecule has 0 bridgehead atoms. The Kier molecular flexibility index (Phi) is 9.32. The van der Waals surface area contributed by atoms with Crippen molar-refractivity contribution in [2.45, 2.75) is 59.2 Å². The third-order valence-electron chi connectivity index (χ3n) is 5.88. The smallest absolute Gasteiger partial charge is 0.261 e. The topological polar surface area (TPSA) is 58.6 Å². The number of ether oxygens (including phenoxy) is 1. The Balaban J connectivity index is 1.92. The van der Waals surface area contributed by atoms with E-state index in [2.05, 4.69) is 21.2 Å². The lowest BCUT2D eigenvalue weighted by atomic mass is 10.0. The maximum Gasteiger partial charge on any atom is 0.261 e. The molecule has 0 heterocycles. The normalized spacial score (nSPS) is 12.1. The van der Waals surface area contributed by atoms with Gasteiger partial charge in [-0.3, -0.25) is 9.59 Å². The number of benzene rings is 3. The number of rotatable bonds is 9. The lowest BCUT2D eigenvalue weighted by Gasteiger charge is -2.33. The van der Waals surface area contributed by atoms with Gasteiger partial charge in [0.2, 0.25) is 5.91 Å². The summed E-state index contributed by atoms with van der Waals surface area (Å²) in [5, 5.41) is 3.08. The van der Waals surface area contributed by atoms with Crippen LogP contribution in [-0.2, 0) is 22.6 Å². The number of hydrogen-bond acceptors (Lipinski definition) is 3. The zero-order valence-corrected chi connectivity index (χ0v) is 23.3. The first kappa shape index (κ1) is 27.5. The molecule has 3 aromatic rings. The van der Waals surface area contributed by atoms with Gasteiger partial charge in [0.25, 0.3) is 5.91 Å². The van der Waals surface area contributed by atoms with Gasteiger partial charge in [0.1, 0.15) is 11.8 Å². The van der Waals surface area contributed by atoms with Crippen LogP contribution in [0.3, 0.4) is 0 Å². The van der Waals surface area contributed by atoms with E-state index in [0.29, 0.717) is 12.2 Å². The minimum Gasteiger partial charge on any atom is -0.484 e. The Labute approximate surface area is 223 Å². The second kappa shape index (κ2) is 12.2. The Bertz CT molecular complexity index is 1170. The van der Waals surface area contributed by atoms with Crippen molar-refractivity contribution in [1.82, 2.24) is 10.2 Å². The number of hydrogen-bond donors (Lipinski definition) is 1. The van der Waals surface area contributed by atoms with E-state index in [4.69, 9.17) is 4.74 Å². The van der Waals surface area contributed by atoms with Gasteiger partial charge >= 0.3 is 0 Å². The Hall–Kier alpha value is -3.12. The highest BCUT2D eigenvalue weighted by molar-refractivity contribution is 9.10. The van der Waals surface area contributed by atoms with Crippen molar-refractivity contribution in [3.05, 3.63) is 99.5 Å². The van der Waals surface area contributed by atoms with Gasteiger partial charge in [-0.05, 0) is 81.1 Å². The molecule has 2 amide bonds. The molecule has 3 aromatic carbocycles. The third kappa shape index (κ3) is 8.23. The van der Waals surface area contributed by atoms with Crippen molar-refractivity contribution < 1.29 is 14.3 Å². The molecule has 6 heteroatoms. The van der Waals surface area contributed by atoms with Crippen molar-refractivity contribution in [2.75, 3.05) is 6.61 Å². The Morgan fingerprint density at radius 1 is 0.917 bits per heavy atom. The van der Waals surface area contributed by atoms with Crippen LogP contribution in [0.1, 0.15) is 43.0 Å². The zero-order valence-electron chi connectivity index (χ0n) is 21.7. The quantitative estimate of drug-likeness (QED) is 0.355. The Morgan fingerprint density at radius 2 is 1.58 bits per heavy atom. The van der Waals surface area contributed by atoms with Gasteiger partial charge in [0.15, 0.2) is 6.61 Å². The highest BCUT2D eigenvalue weighted by Gasteiger charge is 2.32. The lowest BCUT2D eigenvalue weighted by molar-refractivity contribution is -0.143. The fourth-order valence-electron chi connectivity index (χ4n) is 3.83. The standard InChI is InChI=1S/C30H35BrN2O3/c1-21-11-16-26(17-22(21)2)36-20-28(34)33(19-24-12-14-25(31)15-13-24)27(29(35)32-30(3,4)5)18-23-9-7-6-8-10-23/h6-17,27H,18-20H2,1-5H3,(H,32,35). The summed E-state index contributed by atoms with van der Waals surface area (Å²) in [4.78, 5) is 28.8. The fourth-order valence-corrected chi connectivity index (χ4v) is 4.09. The maximum atomic E-state index is 13.7. The molecule has 1 N–H and O–H groups in total. The second-order valence-electron chi connectivity index (χ2n) is 10.1. The minimum absolute atomic E-state index is 0.160. The van der Waals surface area contributed by atoms with Crippen LogP contribution >= 0.6 is 15.9 Å². The first-order valence-electron chi connectivity index (χ1n) is 12.1. The van der Waals surface area contributed by atoms with Gasteiger partial charge in [-0.1, -0.05) is 64.5 Å². The van der Waals surface area contributed by atoms with Crippen LogP contribution in [0.15, 0.2) is 77.3 Å². The summed E-state index contributed by atoms with van der Waals surface area (Å²) >= 11 is 3.47. The summed E-state index contributed by atoms with van der Waals surface area (Å²) in [6.07, 6.45) is 0.397. The summed E-state index contributed by atoms with van der Waals surface area (Å²) in [6.45, 7) is 9.99. The molecule has 0 aliphatic heterocycles. The average molecular weight is 552 g/mol. The average Bonchev–Trinajstić information content (AvgIpc) is 2.82. The molecule has 0 aliphatic rings. The van der Waals surface area contributed by atoms with E-state index in [1.54, 1.807) is 4.90 Å². The molecule has 0 saturated carbocycles. The van der Waals surface area contributed by atoms with Crippen molar-refractivity contribution >= 4 is 27.7 Å². The van der Waals surface area contributed by atoms with Crippen molar-refractivity contribution in [3.63, 3.8) is 0 Å². The molecule has 0 spiro atoms. The largest absolute Gasteiger partial charge is 0.484 e. The van der Waals surface area contributed by atoms with Crippen molar-refractivity contribution in [2.24, 2.45) is 0 Å². The number of aryl methyl sites for hydroxylation is 2. The highest BCUT2D eigenvalue weighted by Crippen LogP contribution is 2.20. The number of nitrogens with zero attached hydrogens (tertiary/aromatic N) is 1. The molecule has 0 aromatic heterocycles. The number of amides is 2. The van der Waals surface area contributed by atoms with Crippen LogP contribution in [0, 0.1) is 13.8 Å². The van der Waals surface area contributed by atoms with Gasteiger partial charge < -0.3 is 15.0 Å². The number of carbonyl (C=O) groups is 2. The monoisotopic (exact) mass is 550 g/mol. The summed E-state index contributed by atoms with van der Waals surface area (Å²) in [5.74, 6) is 0.193. The van der Waals surface area contributed by atoms with Gasteiger partial charge in [-0.25, -0.2) is 0 Å². The van der Waals surface area contributed by atoms with Crippen LogP contribution < -0.4 is 10.1 Å². The number of carbonyl (C=O) groups excluding carboxylic acids is 2. The SMILES string of the molecule is Cc1ccc(OCC(=O)N(Cc2ccc(Br)cc2)C(Cc2ccccc2)C(=O)NC(C)(C)C)cc1C. The predicted molar refractivity (Wildman–Crippen MR) is 148 cm³/mol. The summed E-state index contributed by atoms with van der Waals surface area (Å²) in [5.41, 5.74) is 3.73. The molecule has 0 radical (unpaired) electrons. The van der Waals surface area contributed by atoms with Gasteiger partial charge in [0.05, 0.1) is 0 Å². The van der Waals surface area contributed by atoms with E-state index in [0.717, 1.165) is 26.7 Å². The van der Waals surface area contributed by atoms with Gasteiger partial charge in [-0.15, -0.1) is 0 Å². The second-order valence-corrected chi connectivity index (χ2v) is 11.0. The molecular weight excluding hydrogens is 516 g/mol. The zero-order chi connectivity index (χ0) is 26.3. The van der Waals surface area contributed by atoms with Gasteiger partial charge in [-0.2, -0.15) is 0 Å². The summed E-state index contributed by atoms with van der Waals surface area (Å²) in [6, 6.07) is 22.6. The predicted octanol–water partition coefficient (Wildman–Crippen LogP) is 6.00. The van der Waals surface area contributed by atoms with E-state index in [9.17, 15) is 9.59 Å². The molecule has 1 atom stereocenters. The van der Waals surface area contributed by atoms with E-state index in [-0.39, 0.29) is 25.0 Å².